The second-order valence-electron chi connectivity index (χ2n) is 5.14. The van der Waals surface area contributed by atoms with Gasteiger partial charge in [-0.1, -0.05) is 15.9 Å². The first kappa shape index (κ1) is 13.5. The van der Waals surface area contributed by atoms with Crippen molar-refractivity contribution in [2.75, 3.05) is 6.61 Å². The lowest BCUT2D eigenvalue weighted by Crippen LogP contribution is -2.41. The molecule has 3 rings (SSSR count). The number of hydrogen-bond donors (Lipinski definition) is 1. The summed E-state index contributed by atoms with van der Waals surface area (Å²) in [6.07, 6.45) is 3.13. The molecule has 1 saturated heterocycles. The van der Waals surface area contributed by atoms with Crippen molar-refractivity contribution in [3.8, 4) is 0 Å². The molecule has 2 aliphatic rings. The first-order chi connectivity index (χ1) is 9.06. The van der Waals surface area contributed by atoms with Crippen molar-refractivity contribution in [3.05, 3.63) is 28.7 Å². The van der Waals surface area contributed by atoms with Crippen molar-refractivity contribution >= 4 is 26.0 Å². The van der Waals surface area contributed by atoms with Gasteiger partial charge in [-0.3, -0.25) is 0 Å². The standard InChI is InChI=1S/C13H16BrNO3S/c14-10-3-5-11(6-4-10)19(16,17)15-12-7-8-18-13(12)9-1-2-9/h3-6,9,12-13,15H,1-2,7-8H2. The van der Waals surface area contributed by atoms with Gasteiger partial charge in [0.25, 0.3) is 0 Å². The van der Waals surface area contributed by atoms with Crippen molar-refractivity contribution in [1.29, 1.82) is 0 Å². The Morgan fingerprint density at radius 1 is 1.16 bits per heavy atom. The molecular weight excluding hydrogens is 330 g/mol. The summed E-state index contributed by atoms with van der Waals surface area (Å²) >= 11 is 3.30. The predicted molar refractivity (Wildman–Crippen MR) is 75.3 cm³/mol. The maximum Gasteiger partial charge on any atom is 0.240 e. The predicted octanol–water partition coefficient (Wildman–Crippen LogP) is 2.29. The number of hydrogen-bond acceptors (Lipinski definition) is 3. The second-order valence-corrected chi connectivity index (χ2v) is 7.77. The van der Waals surface area contributed by atoms with E-state index in [1.807, 2.05) is 0 Å². The van der Waals surface area contributed by atoms with Crippen molar-refractivity contribution in [1.82, 2.24) is 4.72 Å². The maximum absolute atomic E-state index is 12.3. The number of nitrogens with one attached hydrogen (secondary N) is 1. The molecular formula is C13H16BrNO3S. The zero-order valence-corrected chi connectivity index (χ0v) is 12.8. The average molecular weight is 346 g/mol. The molecule has 1 saturated carbocycles. The number of halogens is 1. The van der Waals surface area contributed by atoms with E-state index in [-0.39, 0.29) is 12.1 Å². The van der Waals surface area contributed by atoms with Gasteiger partial charge in [-0.15, -0.1) is 0 Å². The lowest BCUT2D eigenvalue weighted by Gasteiger charge is -2.19. The monoisotopic (exact) mass is 345 g/mol. The van der Waals surface area contributed by atoms with Gasteiger partial charge in [-0.05, 0) is 49.4 Å². The zero-order valence-electron chi connectivity index (χ0n) is 10.4. The quantitative estimate of drug-likeness (QED) is 0.910. The van der Waals surface area contributed by atoms with Gasteiger partial charge in [-0.2, -0.15) is 0 Å². The van der Waals surface area contributed by atoms with Gasteiger partial charge in [0.05, 0.1) is 17.0 Å². The Balaban J connectivity index is 1.75. The highest BCUT2D eigenvalue weighted by Gasteiger charge is 2.42. The second kappa shape index (κ2) is 5.16. The molecule has 0 amide bonds. The van der Waals surface area contributed by atoms with E-state index in [9.17, 15) is 8.42 Å². The Hall–Kier alpha value is -0.430. The normalized spacial score (nSPS) is 27.6. The van der Waals surface area contributed by atoms with Gasteiger partial charge in [-0.25, -0.2) is 13.1 Å². The molecule has 1 aliphatic carbocycles. The van der Waals surface area contributed by atoms with Crippen LogP contribution >= 0.6 is 15.9 Å². The lowest BCUT2D eigenvalue weighted by molar-refractivity contribution is 0.0848. The third-order valence-electron chi connectivity index (χ3n) is 3.65. The van der Waals surface area contributed by atoms with E-state index in [1.165, 1.54) is 0 Å². The molecule has 19 heavy (non-hydrogen) atoms. The van der Waals surface area contributed by atoms with Crippen LogP contribution in [0.5, 0.6) is 0 Å². The smallest absolute Gasteiger partial charge is 0.240 e. The van der Waals surface area contributed by atoms with Gasteiger partial charge < -0.3 is 4.74 Å². The summed E-state index contributed by atoms with van der Waals surface area (Å²) < 4.78 is 33.9. The lowest BCUT2D eigenvalue weighted by atomic mass is 10.1. The molecule has 1 heterocycles. The fourth-order valence-electron chi connectivity index (χ4n) is 2.51. The Labute approximate surface area is 121 Å². The van der Waals surface area contributed by atoms with Crippen LogP contribution < -0.4 is 4.72 Å². The summed E-state index contributed by atoms with van der Waals surface area (Å²) in [5.41, 5.74) is 0. The Kier molecular flexibility index (Phi) is 3.68. The van der Waals surface area contributed by atoms with Crippen LogP contribution in [0.2, 0.25) is 0 Å². The average Bonchev–Trinajstić information content (AvgIpc) is 3.11. The summed E-state index contributed by atoms with van der Waals surface area (Å²) in [5.74, 6) is 0.542. The van der Waals surface area contributed by atoms with Gasteiger partial charge in [0.15, 0.2) is 0 Å². The van der Waals surface area contributed by atoms with Crippen LogP contribution in [0.1, 0.15) is 19.3 Å². The molecule has 0 spiro atoms. The van der Waals surface area contributed by atoms with E-state index in [0.29, 0.717) is 17.4 Å². The molecule has 0 bridgehead atoms. The fourth-order valence-corrected chi connectivity index (χ4v) is 4.05. The summed E-state index contributed by atoms with van der Waals surface area (Å²) in [4.78, 5) is 0.303. The number of rotatable bonds is 4. The third kappa shape index (κ3) is 3.02. The summed E-state index contributed by atoms with van der Waals surface area (Å²) in [7, 11) is -3.45. The largest absolute Gasteiger partial charge is 0.376 e. The van der Waals surface area contributed by atoms with Crippen LogP contribution in [0, 0.1) is 5.92 Å². The number of benzene rings is 1. The first-order valence-corrected chi connectivity index (χ1v) is 8.73. The third-order valence-corrected chi connectivity index (χ3v) is 5.69. The summed E-state index contributed by atoms with van der Waals surface area (Å²) in [5, 5.41) is 0. The minimum Gasteiger partial charge on any atom is -0.376 e. The van der Waals surface area contributed by atoms with Crippen LogP contribution in [-0.2, 0) is 14.8 Å². The van der Waals surface area contributed by atoms with Crippen molar-refractivity contribution in [3.63, 3.8) is 0 Å². The van der Waals surface area contributed by atoms with E-state index in [4.69, 9.17) is 4.74 Å². The van der Waals surface area contributed by atoms with E-state index in [2.05, 4.69) is 20.7 Å². The molecule has 2 atom stereocenters. The molecule has 1 aromatic rings. The van der Waals surface area contributed by atoms with Crippen molar-refractivity contribution in [2.24, 2.45) is 5.92 Å². The van der Waals surface area contributed by atoms with Crippen LogP contribution in [-0.4, -0.2) is 27.2 Å². The van der Waals surface area contributed by atoms with Gasteiger partial charge >= 0.3 is 0 Å². The number of ether oxygens (including phenoxy) is 1. The fraction of sp³-hybridized carbons (Fsp3) is 0.538. The molecule has 1 aliphatic heterocycles. The molecule has 1 N–H and O–H groups in total. The molecule has 4 nitrogen and oxygen atoms in total. The van der Waals surface area contributed by atoms with Gasteiger partial charge in [0.2, 0.25) is 10.0 Å². The van der Waals surface area contributed by atoms with Gasteiger partial charge in [0.1, 0.15) is 0 Å². The van der Waals surface area contributed by atoms with E-state index >= 15 is 0 Å². The van der Waals surface area contributed by atoms with Crippen LogP contribution in [0.15, 0.2) is 33.6 Å². The van der Waals surface area contributed by atoms with E-state index in [1.54, 1.807) is 24.3 Å². The SMILES string of the molecule is O=S(=O)(NC1CCOC1C1CC1)c1ccc(Br)cc1. The molecule has 2 fully saturated rings. The Morgan fingerprint density at radius 2 is 1.84 bits per heavy atom. The topological polar surface area (TPSA) is 55.4 Å². The van der Waals surface area contributed by atoms with Crippen LogP contribution in [0.3, 0.4) is 0 Å². The molecule has 104 valence electrons. The first-order valence-electron chi connectivity index (χ1n) is 6.46. The van der Waals surface area contributed by atoms with Crippen LogP contribution in [0.4, 0.5) is 0 Å². The molecule has 6 heteroatoms. The molecule has 0 aromatic heterocycles. The highest BCUT2D eigenvalue weighted by molar-refractivity contribution is 9.10. The Bertz CT molecular complexity index is 554. The minimum absolute atomic E-state index is 0.0604. The van der Waals surface area contributed by atoms with E-state index in [0.717, 1.165) is 23.7 Å². The highest BCUT2D eigenvalue weighted by Crippen LogP contribution is 2.39. The zero-order chi connectivity index (χ0) is 13.5. The van der Waals surface area contributed by atoms with Gasteiger partial charge in [0, 0.05) is 11.1 Å². The van der Waals surface area contributed by atoms with Crippen molar-refractivity contribution < 1.29 is 13.2 Å². The summed E-state index contributed by atoms with van der Waals surface area (Å²) in [6.45, 7) is 0.648. The maximum atomic E-state index is 12.3. The Morgan fingerprint density at radius 3 is 2.47 bits per heavy atom. The van der Waals surface area contributed by atoms with E-state index < -0.39 is 10.0 Å². The summed E-state index contributed by atoms with van der Waals surface area (Å²) in [6, 6.07) is 6.60. The van der Waals surface area contributed by atoms with Crippen LogP contribution in [0.25, 0.3) is 0 Å². The molecule has 0 radical (unpaired) electrons. The minimum atomic E-state index is -3.45. The highest BCUT2D eigenvalue weighted by atomic mass is 79.9. The molecule has 1 aromatic carbocycles. The number of sulfonamides is 1. The molecule has 2 unspecified atom stereocenters. The van der Waals surface area contributed by atoms with Crippen molar-refractivity contribution in [2.45, 2.75) is 36.3 Å².